The normalized spacial score (nSPS) is 54.8. The molecule has 0 aromatic carbocycles. The summed E-state index contributed by atoms with van der Waals surface area (Å²) in [6.07, 6.45) is -68.4. The van der Waals surface area contributed by atoms with Crippen molar-refractivity contribution < 1.29 is 173 Å². The van der Waals surface area contributed by atoms with Gasteiger partial charge in [-0.2, -0.15) is 0 Å². The minimum Gasteiger partial charge on any atom is -0.394 e. The van der Waals surface area contributed by atoms with Crippen LogP contribution in [0.4, 0.5) is 0 Å². The molecule has 15 fully saturated rings. The monoisotopic (exact) mass is 1150 g/mol. The zero-order valence-corrected chi connectivity index (χ0v) is 41.2. The van der Waals surface area contributed by atoms with Gasteiger partial charge in [-0.3, -0.25) is 0 Å². The van der Waals surface area contributed by atoms with Crippen LogP contribution in [0.3, 0.4) is 0 Å². The average molecular weight is 1150 g/mol. The lowest BCUT2D eigenvalue weighted by atomic mass is 9.95. The van der Waals surface area contributed by atoms with Gasteiger partial charge in [0, 0.05) is 7.11 Å². The number of fused-ring (bicyclic) bond motifs is 7. The Hall–Kier alpha value is -1.40. The lowest BCUT2D eigenvalue weighted by molar-refractivity contribution is -0.397. The van der Waals surface area contributed by atoms with Crippen LogP contribution in [0.1, 0.15) is 0 Å². The molecule has 20 N–H and O–H groups in total. The first-order chi connectivity index (χ1) is 37.2. The van der Waals surface area contributed by atoms with Gasteiger partial charge in [0.25, 0.3) is 0 Å². The highest BCUT2D eigenvalue weighted by Crippen LogP contribution is 2.39. The molecule has 0 aliphatic carbocycles. The van der Waals surface area contributed by atoms with E-state index in [9.17, 15) is 102 Å². The third-order valence-corrected chi connectivity index (χ3v) is 15.0. The van der Waals surface area contributed by atoms with E-state index in [2.05, 4.69) is 0 Å². The Balaban J connectivity index is 1.08. The Morgan fingerprint density at radius 3 is 0.538 bits per heavy atom. The second-order valence-corrected chi connectivity index (χ2v) is 19.9. The molecule has 0 aromatic rings. The number of hydrogen-bond donors (Lipinski definition) is 20. The Labute approximate surface area is 441 Å². The SMILES string of the molecule is CO[C@H]1[C@H]2O[C@H]3[C@H](O)[C@@H](O)[C@@H](O[C@H]4[C@H](O)[C@@H](O)[C@@H](O[C@H]5[C@H](O)[C@@H](O)[C@@H](O[C@H]6[C@H](O)[C@@H](O)[C@@H](O[C@H]7[C@H](O)[C@@H](O)[C@@H](O[C@H]8[C@H](O)[C@@H](O)[C@@H](O[C@@H]([C@@H]1O)[C@@H](CO)O2)O[C@@H]8CO)O[C@@H]7CO)O[C@@H]6CO)O[C@@H]5CO)O[C@@H]4CO)O[C@@H]3CO. The van der Waals surface area contributed by atoms with E-state index in [4.69, 9.17) is 71.1 Å². The van der Waals surface area contributed by atoms with Crippen LogP contribution in [0.2, 0.25) is 0 Å². The zero-order chi connectivity index (χ0) is 56.8. The Morgan fingerprint density at radius 1 is 0.218 bits per heavy atom. The molecule has 35 nitrogen and oxygen atoms in total. The predicted octanol–water partition coefficient (Wildman–Crippen LogP) is -14.6. The molecule has 0 aromatic heterocycles. The molecule has 35 heteroatoms. The predicted molar refractivity (Wildman–Crippen MR) is 233 cm³/mol. The molecule has 35 atom stereocenters. The molecule has 78 heavy (non-hydrogen) atoms. The van der Waals surface area contributed by atoms with Gasteiger partial charge in [0.05, 0.1) is 46.2 Å². The minimum absolute atomic E-state index is 0.988. The molecule has 0 amide bonds. The van der Waals surface area contributed by atoms with Gasteiger partial charge in [0.2, 0.25) is 0 Å². The number of aliphatic hydroxyl groups is 20. The van der Waals surface area contributed by atoms with Gasteiger partial charge < -0.3 is 173 Å². The first-order valence-electron chi connectivity index (χ1n) is 25.0. The second kappa shape index (κ2) is 26.7. The maximum Gasteiger partial charge on any atom is 0.187 e. The molecule has 15 aliphatic heterocycles. The summed E-state index contributed by atoms with van der Waals surface area (Å²) >= 11 is 0. The van der Waals surface area contributed by atoms with Gasteiger partial charge in [-0.1, -0.05) is 0 Å². The highest BCUT2D eigenvalue weighted by atomic mass is 16.8. The van der Waals surface area contributed by atoms with E-state index in [1.165, 1.54) is 0 Å². The van der Waals surface area contributed by atoms with Crippen LogP contribution in [-0.4, -0.2) is 370 Å². The summed E-state index contributed by atoms with van der Waals surface area (Å²) in [4.78, 5) is 0. The number of methoxy groups -OCH3 is 1. The summed E-state index contributed by atoms with van der Waals surface area (Å²) in [6, 6.07) is 0. The van der Waals surface area contributed by atoms with E-state index >= 15 is 0 Å². The number of rotatable bonds is 8. The van der Waals surface area contributed by atoms with Crippen molar-refractivity contribution in [2.75, 3.05) is 53.4 Å². The maximum atomic E-state index is 11.6. The Morgan fingerprint density at radius 2 is 0.372 bits per heavy atom. The Kier molecular flexibility index (Phi) is 21.4. The van der Waals surface area contributed by atoms with Crippen LogP contribution in [0.5, 0.6) is 0 Å². The maximum absolute atomic E-state index is 11.6. The van der Waals surface area contributed by atoms with Crippen molar-refractivity contribution in [2.45, 2.75) is 215 Å². The zero-order valence-electron chi connectivity index (χ0n) is 41.2. The quantitative estimate of drug-likeness (QED) is 0.107. The van der Waals surface area contributed by atoms with Gasteiger partial charge in [-0.05, 0) is 0 Å². The van der Waals surface area contributed by atoms with E-state index in [1.54, 1.807) is 0 Å². The van der Waals surface area contributed by atoms with Crippen LogP contribution < -0.4 is 0 Å². The van der Waals surface area contributed by atoms with Crippen molar-refractivity contribution in [1.82, 2.24) is 0 Å². The van der Waals surface area contributed by atoms with E-state index in [-0.39, 0.29) is 0 Å². The highest BCUT2D eigenvalue weighted by molar-refractivity contribution is 5.02. The third-order valence-electron chi connectivity index (χ3n) is 15.0. The molecule has 15 rings (SSSR count). The van der Waals surface area contributed by atoms with Crippen LogP contribution >= 0.6 is 0 Å². The van der Waals surface area contributed by atoms with Crippen molar-refractivity contribution in [2.24, 2.45) is 0 Å². The molecule has 15 aliphatic rings. The number of hydrogen-bond acceptors (Lipinski definition) is 35. The average Bonchev–Trinajstić information content (AvgIpc) is 3.48. The van der Waals surface area contributed by atoms with Gasteiger partial charge in [0.15, 0.2) is 44.0 Å². The molecule has 14 bridgehead atoms. The van der Waals surface area contributed by atoms with Crippen molar-refractivity contribution in [3.05, 3.63) is 0 Å². The summed E-state index contributed by atoms with van der Waals surface area (Å²) in [6.45, 7) is -7.16. The van der Waals surface area contributed by atoms with Crippen LogP contribution in [-0.2, 0) is 71.1 Å². The van der Waals surface area contributed by atoms with Crippen molar-refractivity contribution in [3.63, 3.8) is 0 Å². The first-order valence-corrected chi connectivity index (χ1v) is 25.0. The largest absolute Gasteiger partial charge is 0.394 e. The first kappa shape index (κ1) is 62.6. The molecule has 0 saturated carbocycles. The molecule has 454 valence electrons. The third kappa shape index (κ3) is 12.1. The van der Waals surface area contributed by atoms with Crippen LogP contribution in [0, 0.1) is 0 Å². The minimum atomic E-state index is -2.20. The lowest BCUT2D eigenvalue weighted by Gasteiger charge is -2.50. The van der Waals surface area contributed by atoms with Gasteiger partial charge in [-0.15, -0.1) is 0 Å². The summed E-state index contributed by atoms with van der Waals surface area (Å²) in [5, 5.41) is 220. The van der Waals surface area contributed by atoms with E-state index in [1.807, 2.05) is 0 Å². The fraction of sp³-hybridized carbons (Fsp3) is 1.00. The van der Waals surface area contributed by atoms with E-state index in [0.29, 0.717) is 0 Å². The van der Waals surface area contributed by atoms with E-state index < -0.39 is 261 Å². The van der Waals surface area contributed by atoms with E-state index in [0.717, 1.165) is 7.11 Å². The van der Waals surface area contributed by atoms with Crippen molar-refractivity contribution in [3.8, 4) is 0 Å². The fourth-order valence-corrected chi connectivity index (χ4v) is 10.7. The molecule has 0 radical (unpaired) electrons. The van der Waals surface area contributed by atoms with Crippen LogP contribution in [0.15, 0.2) is 0 Å². The summed E-state index contributed by atoms with van der Waals surface area (Å²) in [5.74, 6) is 0. The highest BCUT2D eigenvalue weighted by Gasteiger charge is 2.59. The summed E-state index contributed by atoms with van der Waals surface area (Å²) in [7, 11) is 1.06. The number of aliphatic hydroxyl groups excluding tert-OH is 20. The van der Waals surface area contributed by atoms with Gasteiger partial charge in [-0.25, -0.2) is 0 Å². The molecule has 0 spiro atoms. The Bertz CT molecular complexity index is 1840. The van der Waals surface area contributed by atoms with Crippen molar-refractivity contribution >= 4 is 0 Å². The van der Waals surface area contributed by atoms with Crippen molar-refractivity contribution in [1.29, 1.82) is 0 Å². The molecular formula is C43H72O35. The number of ether oxygens (including phenoxy) is 15. The topological polar surface area (TPSA) is 543 Å². The molecule has 15 heterocycles. The van der Waals surface area contributed by atoms with Gasteiger partial charge >= 0.3 is 0 Å². The molecular weight excluding hydrogens is 1080 g/mol. The summed E-state index contributed by atoms with van der Waals surface area (Å²) in [5.41, 5.74) is 0. The second-order valence-electron chi connectivity index (χ2n) is 19.9. The molecule has 15 saturated heterocycles. The standard InChI is InChI=1S/C43H72O35/c1-64-36-28(63)35-15(8-50)71-43(36)78-34-14(7-49)70-41(27(62)21(34)56)76-32-12(5-47)68-39(25(60)19(32)54)74-30-10(3-45)66-37(23(58)17(30)52)72-29-9(2-44)65-38(22(57)16(29)51)73-31-11(4-46)67-40(24(59)18(31)53)75-33-13(6-48)69-42(77-35)26(61)20(33)55/h9-63H,2-8H2,1H3/t9-,10-,11-,12-,13-,14-,15-,16-,17-,18-,19-,20-,21-,22-,23-,24-,25-,26-,27-,28+,29-,30-,31-,32-,33-,34-,35-,36-,37-,38-,39-,40-,41-,42-,43-/m1/s1. The van der Waals surface area contributed by atoms with Crippen LogP contribution in [0.25, 0.3) is 0 Å². The smallest absolute Gasteiger partial charge is 0.187 e. The lowest BCUT2D eigenvalue weighted by Crippen LogP contribution is -2.68. The van der Waals surface area contributed by atoms with Gasteiger partial charge in [0.1, 0.15) is 171 Å². The fourth-order valence-electron chi connectivity index (χ4n) is 10.7. The summed E-state index contributed by atoms with van der Waals surface area (Å²) < 4.78 is 85.8. The molecule has 0 unspecified atom stereocenters.